The van der Waals surface area contributed by atoms with Crippen molar-refractivity contribution in [3.05, 3.63) is 40.6 Å². The van der Waals surface area contributed by atoms with Crippen LogP contribution in [0.1, 0.15) is 38.4 Å². The molecule has 2 aromatic heterocycles. The van der Waals surface area contributed by atoms with Crippen molar-refractivity contribution >= 4 is 41.3 Å². The van der Waals surface area contributed by atoms with Gasteiger partial charge in [0.2, 0.25) is 0 Å². The second-order valence-corrected chi connectivity index (χ2v) is 7.68. The second kappa shape index (κ2) is 10.8. The maximum absolute atomic E-state index is 4.73. The molecule has 25 heavy (non-hydrogen) atoms. The molecule has 0 aliphatic heterocycles. The Labute approximate surface area is 172 Å². The van der Waals surface area contributed by atoms with E-state index in [4.69, 9.17) is 4.98 Å². The van der Waals surface area contributed by atoms with E-state index in [-0.39, 0.29) is 29.4 Å². The predicted molar refractivity (Wildman–Crippen MR) is 118 cm³/mol. The van der Waals surface area contributed by atoms with Crippen LogP contribution in [-0.4, -0.2) is 35.1 Å². The van der Waals surface area contributed by atoms with Crippen molar-refractivity contribution in [2.24, 2.45) is 4.99 Å². The van der Waals surface area contributed by atoms with E-state index < -0.39 is 0 Å². The number of nitrogens with zero attached hydrogens (tertiary/aromatic N) is 3. The summed E-state index contributed by atoms with van der Waals surface area (Å²) in [5.74, 6) is 0.872. The number of hydrogen-bond acceptors (Lipinski definition) is 3. The summed E-state index contributed by atoms with van der Waals surface area (Å²) in [6.45, 7) is 12.1. The van der Waals surface area contributed by atoms with Crippen LogP contribution in [-0.2, 0) is 18.4 Å². The molecule has 2 N–H and O–H groups in total. The van der Waals surface area contributed by atoms with Gasteiger partial charge in [0.25, 0.3) is 0 Å². The Balaban J connectivity index is 0.00000312. The fourth-order valence-corrected chi connectivity index (χ4v) is 3.21. The molecule has 0 aliphatic carbocycles. The number of rotatable bonds is 7. The van der Waals surface area contributed by atoms with Gasteiger partial charge < -0.3 is 15.2 Å². The maximum Gasteiger partial charge on any atom is 0.191 e. The van der Waals surface area contributed by atoms with Crippen LogP contribution in [0.5, 0.6) is 0 Å². The summed E-state index contributed by atoms with van der Waals surface area (Å²) in [6, 6.07) is 4.08. The summed E-state index contributed by atoms with van der Waals surface area (Å²) >= 11 is 1.73. The standard InChI is InChI=1S/C18H29N5S.HI/c1-5-19-17(21-10-13-23-11-6-7-12-23)20-9-8-16-22-15(14-24-16)18(2,3)4;/h6-7,11-12,14H,5,8-10,13H2,1-4H3,(H2,19,20,21);1H. The van der Waals surface area contributed by atoms with Gasteiger partial charge in [0.15, 0.2) is 5.96 Å². The molecule has 0 saturated carbocycles. The summed E-state index contributed by atoms with van der Waals surface area (Å²) < 4.78 is 2.15. The molecular formula is C18H30IN5S. The Morgan fingerprint density at radius 1 is 1.24 bits per heavy atom. The van der Waals surface area contributed by atoms with Crippen LogP contribution in [0.4, 0.5) is 0 Å². The maximum atomic E-state index is 4.73. The molecule has 0 saturated heterocycles. The summed E-state index contributed by atoms with van der Waals surface area (Å²) in [5.41, 5.74) is 1.29. The minimum absolute atomic E-state index is 0. The molecule has 0 aromatic carbocycles. The number of aliphatic imine (C=N–C) groups is 1. The summed E-state index contributed by atoms with van der Waals surface area (Å²) in [7, 11) is 0. The number of halogens is 1. The van der Waals surface area contributed by atoms with Crippen LogP contribution >= 0.6 is 35.3 Å². The van der Waals surface area contributed by atoms with E-state index in [1.807, 2.05) is 12.1 Å². The van der Waals surface area contributed by atoms with Crippen LogP contribution in [0.3, 0.4) is 0 Å². The van der Waals surface area contributed by atoms with Crippen LogP contribution in [0.15, 0.2) is 34.9 Å². The molecule has 0 spiro atoms. The lowest BCUT2D eigenvalue weighted by atomic mass is 9.93. The van der Waals surface area contributed by atoms with Crippen molar-refractivity contribution < 1.29 is 0 Å². The van der Waals surface area contributed by atoms with Crippen molar-refractivity contribution in [1.82, 2.24) is 20.2 Å². The third kappa shape index (κ3) is 7.77. The van der Waals surface area contributed by atoms with Gasteiger partial charge in [-0.05, 0) is 19.1 Å². The van der Waals surface area contributed by atoms with Crippen LogP contribution in [0, 0.1) is 0 Å². The minimum atomic E-state index is 0. The third-order valence-corrected chi connectivity index (χ3v) is 4.50. The molecule has 0 atom stereocenters. The number of nitrogens with one attached hydrogen (secondary N) is 2. The number of aromatic nitrogens is 2. The summed E-state index contributed by atoms with van der Waals surface area (Å²) in [5, 5.41) is 9.99. The lowest BCUT2D eigenvalue weighted by Crippen LogP contribution is -2.39. The van der Waals surface area contributed by atoms with Gasteiger partial charge in [-0.2, -0.15) is 0 Å². The fourth-order valence-electron chi connectivity index (χ4n) is 2.20. The van der Waals surface area contributed by atoms with Gasteiger partial charge in [0, 0.05) is 55.8 Å². The Morgan fingerprint density at radius 3 is 2.56 bits per heavy atom. The van der Waals surface area contributed by atoms with Gasteiger partial charge in [-0.15, -0.1) is 35.3 Å². The molecule has 5 nitrogen and oxygen atoms in total. The Hall–Kier alpha value is -1.09. The van der Waals surface area contributed by atoms with E-state index in [1.165, 1.54) is 5.69 Å². The largest absolute Gasteiger partial charge is 0.357 e. The first kappa shape index (κ1) is 22.0. The molecule has 0 bridgehead atoms. The molecule has 2 heterocycles. The van der Waals surface area contributed by atoms with Gasteiger partial charge in [0.05, 0.1) is 10.7 Å². The third-order valence-electron chi connectivity index (χ3n) is 3.59. The number of guanidine groups is 1. The lowest BCUT2D eigenvalue weighted by Gasteiger charge is -2.14. The number of thiazole rings is 1. The monoisotopic (exact) mass is 475 g/mol. The van der Waals surface area contributed by atoms with Crippen LogP contribution in [0.25, 0.3) is 0 Å². The van der Waals surface area contributed by atoms with Gasteiger partial charge in [-0.1, -0.05) is 20.8 Å². The van der Waals surface area contributed by atoms with Gasteiger partial charge >= 0.3 is 0 Å². The zero-order chi connectivity index (χ0) is 17.4. The molecule has 2 rings (SSSR count). The average Bonchev–Trinajstić information content (AvgIpc) is 3.18. The van der Waals surface area contributed by atoms with Crippen molar-refractivity contribution in [2.45, 2.75) is 46.1 Å². The highest BCUT2D eigenvalue weighted by molar-refractivity contribution is 14.0. The SMILES string of the molecule is CCNC(=NCCc1nc(C(C)(C)C)cs1)NCCn1cccc1.I. The zero-order valence-corrected chi connectivity index (χ0v) is 18.7. The molecule has 140 valence electrons. The Bertz CT molecular complexity index is 628. The van der Waals surface area contributed by atoms with E-state index in [9.17, 15) is 0 Å². The quantitative estimate of drug-likeness (QED) is 0.365. The van der Waals surface area contributed by atoms with E-state index >= 15 is 0 Å². The summed E-state index contributed by atoms with van der Waals surface area (Å²) in [6.07, 6.45) is 5.02. The van der Waals surface area contributed by atoms with Crippen molar-refractivity contribution in [2.75, 3.05) is 19.6 Å². The summed E-state index contributed by atoms with van der Waals surface area (Å²) in [4.78, 5) is 9.38. The average molecular weight is 475 g/mol. The highest BCUT2D eigenvalue weighted by atomic mass is 127. The molecule has 0 amide bonds. The van der Waals surface area contributed by atoms with Gasteiger partial charge in [-0.25, -0.2) is 4.98 Å². The fraction of sp³-hybridized carbons (Fsp3) is 0.556. The van der Waals surface area contributed by atoms with Gasteiger partial charge in [0.1, 0.15) is 0 Å². The molecule has 0 aliphatic rings. The molecule has 0 unspecified atom stereocenters. The van der Waals surface area contributed by atoms with E-state index in [0.29, 0.717) is 0 Å². The lowest BCUT2D eigenvalue weighted by molar-refractivity contribution is 0.571. The first-order chi connectivity index (χ1) is 11.5. The zero-order valence-electron chi connectivity index (χ0n) is 15.6. The molecule has 0 fully saturated rings. The van der Waals surface area contributed by atoms with Crippen LogP contribution in [0.2, 0.25) is 0 Å². The highest BCUT2D eigenvalue weighted by Crippen LogP contribution is 2.23. The first-order valence-electron chi connectivity index (χ1n) is 8.57. The van der Waals surface area contributed by atoms with E-state index in [0.717, 1.165) is 43.6 Å². The molecular weight excluding hydrogens is 445 g/mol. The molecule has 7 heteroatoms. The van der Waals surface area contributed by atoms with E-state index in [2.05, 4.69) is 65.7 Å². The Morgan fingerprint density at radius 2 is 1.96 bits per heavy atom. The van der Waals surface area contributed by atoms with E-state index in [1.54, 1.807) is 11.3 Å². The van der Waals surface area contributed by atoms with Crippen LogP contribution < -0.4 is 10.6 Å². The molecule has 0 radical (unpaired) electrons. The number of hydrogen-bond donors (Lipinski definition) is 2. The first-order valence-corrected chi connectivity index (χ1v) is 9.45. The highest BCUT2D eigenvalue weighted by Gasteiger charge is 2.17. The van der Waals surface area contributed by atoms with Gasteiger partial charge in [-0.3, -0.25) is 4.99 Å². The minimum Gasteiger partial charge on any atom is -0.357 e. The van der Waals surface area contributed by atoms with Crippen molar-refractivity contribution in [3.63, 3.8) is 0 Å². The molecule has 2 aromatic rings. The predicted octanol–water partition coefficient (Wildman–Crippen LogP) is 3.66. The van der Waals surface area contributed by atoms with Crippen molar-refractivity contribution in [1.29, 1.82) is 0 Å². The smallest absolute Gasteiger partial charge is 0.191 e. The normalized spacial score (nSPS) is 11.9. The Kier molecular flexibility index (Phi) is 9.48. The second-order valence-electron chi connectivity index (χ2n) is 6.73. The topological polar surface area (TPSA) is 54.2 Å². The van der Waals surface area contributed by atoms with Crippen molar-refractivity contribution in [3.8, 4) is 0 Å².